The average molecular weight is 242 g/mol. The highest BCUT2D eigenvalue weighted by Crippen LogP contribution is 2.07. The predicted molar refractivity (Wildman–Crippen MR) is 60.9 cm³/mol. The molecule has 0 aliphatic carbocycles. The van der Waals surface area contributed by atoms with Crippen molar-refractivity contribution < 1.29 is 14.4 Å². The average Bonchev–Trinajstić information content (AvgIpc) is 2.24. The molecule has 1 rings (SSSR count). The number of rotatable bonds is 3. The molecule has 1 fully saturated rings. The summed E-state index contributed by atoms with van der Waals surface area (Å²) in [5, 5.41) is 5.04. The highest BCUT2D eigenvalue weighted by atomic mass is 16.2. The van der Waals surface area contributed by atoms with Crippen LogP contribution in [0.25, 0.3) is 0 Å². The number of carbonyl (C=O) groups is 3. The zero-order valence-corrected chi connectivity index (χ0v) is 10.0. The Hall–Kier alpha value is -1.79. The maximum atomic E-state index is 12.1. The fraction of sp³-hybridized carbons (Fsp3) is 0.700. The van der Waals surface area contributed by atoms with Gasteiger partial charge in [-0.3, -0.25) is 9.59 Å². The van der Waals surface area contributed by atoms with E-state index in [0.29, 0.717) is 13.1 Å². The smallest absolute Gasteiger partial charge is 0.312 e. The third kappa shape index (κ3) is 3.61. The molecule has 1 heterocycles. The topological polar surface area (TPSA) is 105 Å². The van der Waals surface area contributed by atoms with Crippen molar-refractivity contribution in [2.45, 2.75) is 19.9 Å². The molecule has 0 bridgehead atoms. The number of amides is 4. The van der Waals surface area contributed by atoms with E-state index in [-0.39, 0.29) is 24.3 Å². The SMILES string of the molecule is CC(C)C(NC(N)=O)C(=O)N1CCNC(=O)C1. The summed E-state index contributed by atoms with van der Waals surface area (Å²) in [6, 6.07) is -1.42. The second-order valence-electron chi connectivity index (χ2n) is 4.34. The van der Waals surface area contributed by atoms with E-state index in [1.807, 2.05) is 13.8 Å². The van der Waals surface area contributed by atoms with E-state index in [9.17, 15) is 14.4 Å². The third-order valence-electron chi connectivity index (χ3n) is 2.58. The minimum Gasteiger partial charge on any atom is -0.353 e. The Morgan fingerprint density at radius 1 is 1.47 bits per heavy atom. The minimum absolute atomic E-state index is 0.0303. The van der Waals surface area contributed by atoms with Crippen LogP contribution in [0.3, 0.4) is 0 Å². The van der Waals surface area contributed by atoms with Crippen molar-refractivity contribution in [3.05, 3.63) is 0 Å². The van der Waals surface area contributed by atoms with E-state index in [1.54, 1.807) is 0 Å². The van der Waals surface area contributed by atoms with Crippen molar-refractivity contribution in [2.24, 2.45) is 11.7 Å². The molecule has 1 atom stereocenters. The largest absolute Gasteiger partial charge is 0.353 e. The van der Waals surface area contributed by atoms with E-state index in [4.69, 9.17) is 5.73 Å². The number of nitrogens with one attached hydrogen (secondary N) is 2. The number of hydrogen-bond donors (Lipinski definition) is 3. The maximum absolute atomic E-state index is 12.1. The van der Waals surface area contributed by atoms with Gasteiger partial charge in [0.1, 0.15) is 6.04 Å². The normalized spacial score (nSPS) is 17.6. The lowest BCUT2D eigenvalue weighted by molar-refractivity contribution is -0.140. The lowest BCUT2D eigenvalue weighted by atomic mass is 10.0. The molecule has 7 heteroatoms. The maximum Gasteiger partial charge on any atom is 0.312 e. The van der Waals surface area contributed by atoms with Crippen LogP contribution >= 0.6 is 0 Å². The van der Waals surface area contributed by atoms with Gasteiger partial charge in [0.15, 0.2) is 0 Å². The summed E-state index contributed by atoms with van der Waals surface area (Å²) in [4.78, 5) is 35.5. The quantitative estimate of drug-likeness (QED) is 0.569. The molecule has 7 nitrogen and oxygen atoms in total. The fourth-order valence-electron chi connectivity index (χ4n) is 1.69. The van der Waals surface area contributed by atoms with E-state index in [1.165, 1.54) is 4.90 Å². The molecule has 0 aromatic heterocycles. The van der Waals surface area contributed by atoms with Crippen LogP contribution in [-0.4, -0.2) is 48.4 Å². The van der Waals surface area contributed by atoms with E-state index in [0.717, 1.165) is 0 Å². The Kier molecular flexibility index (Phi) is 4.30. The zero-order valence-electron chi connectivity index (χ0n) is 10.0. The van der Waals surface area contributed by atoms with Gasteiger partial charge in [0.2, 0.25) is 11.8 Å². The molecular formula is C10H18N4O3. The Balaban J connectivity index is 2.69. The van der Waals surface area contributed by atoms with Gasteiger partial charge in [-0.05, 0) is 5.92 Å². The summed E-state index contributed by atoms with van der Waals surface area (Å²) >= 11 is 0. The molecule has 0 radical (unpaired) electrons. The van der Waals surface area contributed by atoms with Crippen LogP contribution in [0, 0.1) is 5.92 Å². The zero-order chi connectivity index (χ0) is 13.0. The van der Waals surface area contributed by atoms with Gasteiger partial charge in [0.25, 0.3) is 0 Å². The lowest BCUT2D eigenvalue weighted by Crippen LogP contribution is -2.57. The molecule has 0 saturated carbocycles. The standard InChI is InChI=1S/C10H18N4O3/c1-6(2)8(13-10(11)17)9(16)14-4-3-12-7(15)5-14/h6,8H,3-5H2,1-2H3,(H,12,15)(H3,11,13,17). The predicted octanol–water partition coefficient (Wildman–Crippen LogP) is -1.36. The van der Waals surface area contributed by atoms with E-state index in [2.05, 4.69) is 10.6 Å². The summed E-state index contributed by atoms with van der Waals surface area (Å²) in [5.74, 6) is -0.542. The lowest BCUT2D eigenvalue weighted by Gasteiger charge is -2.31. The first-order chi connectivity index (χ1) is 7.91. The second kappa shape index (κ2) is 5.51. The Labute approximate surface area is 99.7 Å². The Bertz CT molecular complexity index is 330. The monoisotopic (exact) mass is 242 g/mol. The first-order valence-corrected chi connectivity index (χ1v) is 5.53. The van der Waals surface area contributed by atoms with Crippen molar-refractivity contribution >= 4 is 17.8 Å². The van der Waals surface area contributed by atoms with Gasteiger partial charge in [-0.25, -0.2) is 4.79 Å². The van der Waals surface area contributed by atoms with Gasteiger partial charge in [-0.15, -0.1) is 0 Å². The number of urea groups is 1. The summed E-state index contributed by atoms with van der Waals surface area (Å²) in [6.07, 6.45) is 0. The number of primary amides is 1. The summed E-state index contributed by atoms with van der Waals surface area (Å²) in [6.45, 7) is 4.54. The molecule has 96 valence electrons. The fourth-order valence-corrected chi connectivity index (χ4v) is 1.69. The first kappa shape index (κ1) is 13.3. The van der Waals surface area contributed by atoms with Crippen molar-refractivity contribution in [1.82, 2.24) is 15.5 Å². The van der Waals surface area contributed by atoms with Crippen LogP contribution in [0.15, 0.2) is 0 Å². The van der Waals surface area contributed by atoms with Gasteiger partial charge in [-0.1, -0.05) is 13.8 Å². The molecule has 4 amide bonds. The summed E-state index contributed by atoms with van der Waals surface area (Å²) in [7, 11) is 0. The van der Waals surface area contributed by atoms with E-state index < -0.39 is 12.1 Å². The molecule has 0 aromatic rings. The van der Waals surface area contributed by atoms with Gasteiger partial charge in [0, 0.05) is 13.1 Å². The van der Waals surface area contributed by atoms with Crippen LogP contribution in [-0.2, 0) is 9.59 Å². The molecule has 1 aliphatic heterocycles. The summed E-state index contributed by atoms with van der Waals surface area (Å²) < 4.78 is 0. The van der Waals surface area contributed by atoms with Crippen LogP contribution in [0.4, 0.5) is 4.79 Å². The summed E-state index contributed by atoms with van der Waals surface area (Å²) in [5.41, 5.74) is 5.03. The molecule has 17 heavy (non-hydrogen) atoms. The van der Waals surface area contributed by atoms with Gasteiger partial charge >= 0.3 is 6.03 Å². The first-order valence-electron chi connectivity index (χ1n) is 5.53. The minimum atomic E-state index is -0.737. The number of piperazine rings is 1. The van der Waals surface area contributed by atoms with Crippen LogP contribution in [0.1, 0.15) is 13.8 Å². The number of nitrogens with two attached hydrogens (primary N) is 1. The van der Waals surface area contributed by atoms with Crippen LogP contribution in [0.5, 0.6) is 0 Å². The number of nitrogens with zero attached hydrogens (tertiary/aromatic N) is 1. The molecule has 4 N–H and O–H groups in total. The number of hydrogen-bond acceptors (Lipinski definition) is 3. The molecular weight excluding hydrogens is 224 g/mol. The van der Waals surface area contributed by atoms with Crippen molar-refractivity contribution in [3.8, 4) is 0 Å². The van der Waals surface area contributed by atoms with Crippen LogP contribution < -0.4 is 16.4 Å². The Morgan fingerprint density at radius 2 is 2.12 bits per heavy atom. The van der Waals surface area contributed by atoms with Crippen molar-refractivity contribution in [1.29, 1.82) is 0 Å². The van der Waals surface area contributed by atoms with Gasteiger partial charge < -0.3 is 21.3 Å². The number of carbonyl (C=O) groups excluding carboxylic acids is 3. The van der Waals surface area contributed by atoms with Gasteiger partial charge in [-0.2, -0.15) is 0 Å². The third-order valence-corrected chi connectivity index (χ3v) is 2.58. The van der Waals surface area contributed by atoms with E-state index >= 15 is 0 Å². The highest BCUT2D eigenvalue weighted by Gasteiger charge is 2.30. The molecule has 0 aromatic carbocycles. The van der Waals surface area contributed by atoms with Crippen molar-refractivity contribution in [2.75, 3.05) is 19.6 Å². The second-order valence-corrected chi connectivity index (χ2v) is 4.34. The van der Waals surface area contributed by atoms with Gasteiger partial charge in [0.05, 0.1) is 6.54 Å². The Morgan fingerprint density at radius 3 is 2.59 bits per heavy atom. The van der Waals surface area contributed by atoms with Crippen molar-refractivity contribution in [3.63, 3.8) is 0 Å². The molecule has 1 aliphatic rings. The molecule has 1 saturated heterocycles. The molecule has 0 spiro atoms. The highest BCUT2D eigenvalue weighted by molar-refractivity contribution is 5.90. The van der Waals surface area contributed by atoms with Crippen LogP contribution in [0.2, 0.25) is 0 Å². The molecule has 1 unspecified atom stereocenters.